The molecule has 2 aromatic rings. The minimum Gasteiger partial charge on any atom is -0.454 e. The van der Waals surface area contributed by atoms with Gasteiger partial charge in [-0.1, -0.05) is 12.1 Å². The van der Waals surface area contributed by atoms with Gasteiger partial charge >= 0.3 is 0 Å². The molecule has 0 spiro atoms. The number of carbonyl (C=O) groups excluding carboxylic acids is 1. The molecule has 1 aromatic heterocycles. The van der Waals surface area contributed by atoms with Gasteiger partial charge < -0.3 is 19.7 Å². The fraction of sp³-hybridized carbons (Fsp3) is 0.429. The fourth-order valence-corrected chi connectivity index (χ4v) is 3.73. The second kappa shape index (κ2) is 8.39. The summed E-state index contributed by atoms with van der Waals surface area (Å²) >= 11 is 0. The molecule has 1 saturated heterocycles. The van der Waals surface area contributed by atoms with Crippen LogP contribution in [0, 0.1) is 0 Å². The number of carbonyl (C=O) groups is 1. The molecule has 0 aliphatic carbocycles. The van der Waals surface area contributed by atoms with E-state index in [1.807, 2.05) is 41.3 Å². The van der Waals surface area contributed by atoms with E-state index in [0.29, 0.717) is 13.0 Å². The first kappa shape index (κ1) is 17.8. The van der Waals surface area contributed by atoms with Crippen molar-refractivity contribution >= 4 is 5.91 Å². The summed E-state index contributed by atoms with van der Waals surface area (Å²) in [5, 5.41) is 3.43. The van der Waals surface area contributed by atoms with Crippen LogP contribution in [0.25, 0.3) is 0 Å². The highest BCUT2D eigenvalue weighted by Crippen LogP contribution is 2.32. The van der Waals surface area contributed by atoms with Crippen molar-refractivity contribution in [1.82, 2.24) is 15.2 Å². The highest BCUT2D eigenvalue weighted by molar-refractivity contribution is 5.79. The van der Waals surface area contributed by atoms with Crippen molar-refractivity contribution in [1.29, 1.82) is 0 Å². The van der Waals surface area contributed by atoms with Gasteiger partial charge in [0.1, 0.15) is 0 Å². The van der Waals surface area contributed by atoms with Crippen molar-refractivity contribution in [3.8, 4) is 11.5 Å². The van der Waals surface area contributed by atoms with E-state index in [1.165, 1.54) is 0 Å². The van der Waals surface area contributed by atoms with Crippen LogP contribution in [0.4, 0.5) is 0 Å². The fourth-order valence-electron chi connectivity index (χ4n) is 3.73. The third kappa shape index (κ3) is 4.39. The van der Waals surface area contributed by atoms with Crippen LogP contribution >= 0.6 is 0 Å². The Morgan fingerprint density at radius 2 is 2.07 bits per heavy atom. The van der Waals surface area contributed by atoms with Gasteiger partial charge in [0, 0.05) is 12.2 Å². The van der Waals surface area contributed by atoms with Crippen molar-refractivity contribution in [2.24, 2.45) is 0 Å². The molecule has 1 unspecified atom stereocenters. The standard InChI is InChI=1S/C21H25N3O3/c25-21(13-16-6-7-19-20(12-16)27-15-26-19)24(14-17-4-1-2-10-23-17)18-5-3-9-22-11-8-18/h1-2,4,6-7,10,12,18,22H,3,5,8-9,11,13-15H2. The monoisotopic (exact) mass is 367 g/mol. The van der Waals surface area contributed by atoms with Crippen LogP contribution in [0.1, 0.15) is 30.5 Å². The van der Waals surface area contributed by atoms with E-state index in [9.17, 15) is 4.79 Å². The lowest BCUT2D eigenvalue weighted by Gasteiger charge is -2.31. The average Bonchev–Trinajstić information content (AvgIpc) is 2.99. The number of hydrogen-bond acceptors (Lipinski definition) is 5. The predicted octanol–water partition coefficient (Wildman–Crippen LogP) is 2.52. The number of benzene rings is 1. The average molecular weight is 367 g/mol. The maximum atomic E-state index is 13.2. The second-order valence-corrected chi connectivity index (χ2v) is 7.04. The number of amides is 1. The third-order valence-corrected chi connectivity index (χ3v) is 5.16. The maximum absolute atomic E-state index is 13.2. The summed E-state index contributed by atoms with van der Waals surface area (Å²) in [6.07, 6.45) is 5.21. The molecular weight excluding hydrogens is 342 g/mol. The Labute approximate surface area is 159 Å². The second-order valence-electron chi connectivity index (χ2n) is 7.04. The van der Waals surface area contributed by atoms with Crippen LogP contribution in [-0.2, 0) is 17.8 Å². The Balaban J connectivity index is 1.52. The highest BCUT2D eigenvalue weighted by atomic mass is 16.7. The first-order chi connectivity index (χ1) is 13.3. The molecule has 1 fully saturated rings. The van der Waals surface area contributed by atoms with Crippen LogP contribution in [0.5, 0.6) is 11.5 Å². The zero-order valence-electron chi connectivity index (χ0n) is 15.4. The number of aromatic nitrogens is 1. The minimum atomic E-state index is 0.131. The van der Waals surface area contributed by atoms with Gasteiger partial charge in [0.25, 0.3) is 0 Å². The van der Waals surface area contributed by atoms with Gasteiger partial charge in [0.2, 0.25) is 12.7 Å². The first-order valence-electron chi connectivity index (χ1n) is 9.58. The van der Waals surface area contributed by atoms with E-state index >= 15 is 0 Å². The Morgan fingerprint density at radius 3 is 2.96 bits per heavy atom. The number of rotatable bonds is 5. The zero-order chi connectivity index (χ0) is 18.5. The van der Waals surface area contributed by atoms with Crippen molar-refractivity contribution in [3.05, 3.63) is 53.9 Å². The zero-order valence-corrected chi connectivity index (χ0v) is 15.4. The number of pyridine rings is 1. The molecule has 0 saturated carbocycles. The molecule has 0 radical (unpaired) electrons. The van der Waals surface area contributed by atoms with Crippen molar-refractivity contribution in [2.75, 3.05) is 19.9 Å². The number of ether oxygens (including phenoxy) is 2. The van der Waals surface area contributed by atoms with E-state index in [2.05, 4.69) is 10.3 Å². The highest BCUT2D eigenvalue weighted by Gasteiger charge is 2.25. The quantitative estimate of drug-likeness (QED) is 0.880. The number of hydrogen-bond donors (Lipinski definition) is 1. The summed E-state index contributed by atoms with van der Waals surface area (Å²) in [6, 6.07) is 11.8. The van der Waals surface area contributed by atoms with Gasteiger partial charge in [-0.2, -0.15) is 0 Å². The number of nitrogens with zero attached hydrogens (tertiary/aromatic N) is 2. The molecule has 6 nitrogen and oxygen atoms in total. The molecule has 1 aromatic carbocycles. The normalized spacial score (nSPS) is 18.7. The Bertz CT molecular complexity index is 773. The molecule has 0 bridgehead atoms. The molecule has 2 aliphatic rings. The smallest absolute Gasteiger partial charge is 0.231 e. The van der Waals surface area contributed by atoms with Gasteiger partial charge in [-0.3, -0.25) is 9.78 Å². The summed E-state index contributed by atoms with van der Waals surface area (Å²) in [6.45, 7) is 2.76. The largest absolute Gasteiger partial charge is 0.454 e. The lowest BCUT2D eigenvalue weighted by atomic mass is 10.0. The molecule has 1 atom stereocenters. The topological polar surface area (TPSA) is 63.7 Å². The van der Waals surface area contributed by atoms with Crippen LogP contribution in [-0.4, -0.2) is 41.7 Å². The molecule has 6 heteroatoms. The van der Waals surface area contributed by atoms with E-state index in [1.54, 1.807) is 6.20 Å². The van der Waals surface area contributed by atoms with Crippen LogP contribution in [0.15, 0.2) is 42.6 Å². The molecule has 1 amide bonds. The Hall–Kier alpha value is -2.60. The van der Waals surface area contributed by atoms with Gasteiger partial charge in [-0.25, -0.2) is 0 Å². The van der Waals surface area contributed by atoms with E-state index in [0.717, 1.165) is 55.1 Å². The van der Waals surface area contributed by atoms with E-state index < -0.39 is 0 Å². The number of nitrogens with one attached hydrogen (secondary N) is 1. The van der Waals surface area contributed by atoms with Crippen LogP contribution in [0.2, 0.25) is 0 Å². The number of fused-ring (bicyclic) bond motifs is 1. The third-order valence-electron chi connectivity index (χ3n) is 5.16. The summed E-state index contributed by atoms with van der Waals surface area (Å²) < 4.78 is 10.8. The van der Waals surface area contributed by atoms with Gasteiger partial charge in [0.15, 0.2) is 11.5 Å². The van der Waals surface area contributed by atoms with Crippen molar-refractivity contribution in [3.63, 3.8) is 0 Å². The van der Waals surface area contributed by atoms with Gasteiger partial charge in [0.05, 0.1) is 18.7 Å². The molecule has 27 heavy (non-hydrogen) atoms. The van der Waals surface area contributed by atoms with Crippen LogP contribution in [0.3, 0.4) is 0 Å². The molecular formula is C21H25N3O3. The maximum Gasteiger partial charge on any atom is 0.231 e. The molecule has 3 heterocycles. The first-order valence-corrected chi connectivity index (χ1v) is 9.58. The van der Waals surface area contributed by atoms with E-state index in [4.69, 9.17) is 9.47 Å². The SMILES string of the molecule is O=C(Cc1ccc2c(c1)OCO2)N(Cc1ccccn1)C1CCCNCC1. The predicted molar refractivity (Wildman–Crippen MR) is 102 cm³/mol. The summed E-state index contributed by atoms with van der Waals surface area (Å²) in [7, 11) is 0. The summed E-state index contributed by atoms with van der Waals surface area (Å²) in [4.78, 5) is 19.7. The molecule has 1 N–H and O–H groups in total. The summed E-state index contributed by atoms with van der Waals surface area (Å²) in [5.41, 5.74) is 1.87. The van der Waals surface area contributed by atoms with Crippen LogP contribution < -0.4 is 14.8 Å². The van der Waals surface area contributed by atoms with Gasteiger partial charge in [-0.05, 0) is 62.2 Å². The van der Waals surface area contributed by atoms with Crippen molar-refractivity contribution < 1.29 is 14.3 Å². The molecule has 2 aliphatic heterocycles. The Morgan fingerprint density at radius 1 is 1.15 bits per heavy atom. The van der Waals surface area contributed by atoms with Crippen molar-refractivity contribution in [2.45, 2.75) is 38.3 Å². The lowest BCUT2D eigenvalue weighted by Crippen LogP contribution is -2.41. The molecule has 4 rings (SSSR count). The van der Waals surface area contributed by atoms with E-state index in [-0.39, 0.29) is 18.7 Å². The van der Waals surface area contributed by atoms with Gasteiger partial charge in [-0.15, -0.1) is 0 Å². The minimum absolute atomic E-state index is 0.131. The lowest BCUT2D eigenvalue weighted by molar-refractivity contribution is -0.133. The molecule has 142 valence electrons. The Kier molecular flexibility index (Phi) is 5.53. The summed E-state index contributed by atoms with van der Waals surface area (Å²) in [5.74, 6) is 1.59.